The van der Waals surface area contributed by atoms with Gasteiger partial charge < -0.3 is 9.47 Å². The number of pyridine rings is 1. The first-order valence-corrected chi connectivity index (χ1v) is 7.98. The second-order valence-corrected chi connectivity index (χ2v) is 5.57. The van der Waals surface area contributed by atoms with Gasteiger partial charge in [0.2, 0.25) is 0 Å². The highest BCUT2D eigenvalue weighted by molar-refractivity contribution is 5.75. The van der Waals surface area contributed by atoms with Crippen LogP contribution in [0.1, 0.15) is 11.3 Å². The summed E-state index contributed by atoms with van der Waals surface area (Å²) < 4.78 is 65.6. The molecule has 0 aliphatic carbocycles. The van der Waals surface area contributed by atoms with Crippen molar-refractivity contribution in [2.75, 3.05) is 14.2 Å². The molecule has 3 aromatic rings. The van der Waals surface area contributed by atoms with Crippen molar-refractivity contribution in [3.63, 3.8) is 0 Å². The maximum absolute atomic E-state index is 14.4. The number of nitrogens with zero attached hydrogens (tertiary/aromatic N) is 1. The first-order valence-electron chi connectivity index (χ1n) is 7.98. The lowest BCUT2D eigenvalue weighted by atomic mass is 9.97. The Balaban J connectivity index is 2.27. The fourth-order valence-corrected chi connectivity index (χ4v) is 2.54. The monoisotopic (exact) mass is 387 g/mol. The smallest absolute Gasteiger partial charge is 0.198 e. The number of hydrogen-bond donors (Lipinski definition) is 0. The summed E-state index contributed by atoms with van der Waals surface area (Å²) in [5.74, 6) is -0.828. The van der Waals surface area contributed by atoms with E-state index in [1.807, 2.05) is 0 Å². The van der Waals surface area contributed by atoms with Gasteiger partial charge >= 0.3 is 0 Å². The first-order chi connectivity index (χ1) is 13.5. The molecule has 0 atom stereocenters. The highest BCUT2D eigenvalue weighted by atomic mass is 19.2. The largest absolute Gasteiger partial charge is 0.493 e. The predicted molar refractivity (Wildman–Crippen MR) is 95.0 cm³/mol. The SMILES string of the molecule is COc1cc(C#Cc2ccccn2)c(-c2cc(F)c(F)c(F)c2F)cc1OC. The maximum atomic E-state index is 14.4. The molecule has 28 heavy (non-hydrogen) atoms. The lowest BCUT2D eigenvalue weighted by Crippen LogP contribution is -2.01. The molecule has 3 nitrogen and oxygen atoms in total. The van der Waals surface area contributed by atoms with Gasteiger partial charge in [0.25, 0.3) is 0 Å². The molecule has 3 rings (SSSR count). The van der Waals surface area contributed by atoms with Crippen LogP contribution in [0.25, 0.3) is 11.1 Å². The van der Waals surface area contributed by atoms with Gasteiger partial charge in [0, 0.05) is 29.0 Å². The third kappa shape index (κ3) is 3.62. The Kier molecular flexibility index (Phi) is 5.50. The van der Waals surface area contributed by atoms with Crippen molar-refractivity contribution in [1.29, 1.82) is 0 Å². The Labute approximate surface area is 158 Å². The fourth-order valence-electron chi connectivity index (χ4n) is 2.54. The molecule has 0 N–H and O–H groups in total. The summed E-state index contributed by atoms with van der Waals surface area (Å²) in [6, 6.07) is 8.43. The van der Waals surface area contributed by atoms with Crippen LogP contribution in [0.15, 0.2) is 42.6 Å². The van der Waals surface area contributed by atoms with E-state index in [0.717, 1.165) is 0 Å². The summed E-state index contributed by atoms with van der Waals surface area (Å²) in [4.78, 5) is 4.06. The van der Waals surface area contributed by atoms with Gasteiger partial charge in [0.1, 0.15) is 5.69 Å². The maximum Gasteiger partial charge on any atom is 0.198 e. The van der Waals surface area contributed by atoms with Crippen LogP contribution in [0.4, 0.5) is 17.6 Å². The van der Waals surface area contributed by atoms with E-state index in [4.69, 9.17) is 9.47 Å². The van der Waals surface area contributed by atoms with E-state index in [2.05, 4.69) is 16.8 Å². The van der Waals surface area contributed by atoms with Crippen LogP contribution in [0.2, 0.25) is 0 Å². The molecule has 0 saturated heterocycles. The van der Waals surface area contributed by atoms with Gasteiger partial charge in [-0.25, -0.2) is 22.5 Å². The Morgan fingerprint density at radius 3 is 2.14 bits per heavy atom. The van der Waals surface area contributed by atoms with Crippen molar-refractivity contribution in [2.45, 2.75) is 0 Å². The number of hydrogen-bond acceptors (Lipinski definition) is 3. The molecule has 7 heteroatoms. The first kappa shape index (κ1) is 19.2. The zero-order chi connectivity index (χ0) is 20.3. The van der Waals surface area contributed by atoms with Crippen LogP contribution in [-0.4, -0.2) is 19.2 Å². The highest BCUT2D eigenvalue weighted by Crippen LogP contribution is 2.37. The van der Waals surface area contributed by atoms with E-state index in [1.165, 1.54) is 26.4 Å². The lowest BCUT2D eigenvalue weighted by molar-refractivity contribution is 0.355. The third-order valence-electron chi connectivity index (χ3n) is 3.91. The van der Waals surface area contributed by atoms with Gasteiger partial charge in [-0.3, -0.25) is 0 Å². The average molecular weight is 387 g/mol. The van der Waals surface area contributed by atoms with E-state index in [-0.39, 0.29) is 22.6 Å². The standard InChI is InChI=1S/C21H13F4NO2/c1-27-17-9-12(6-7-13-5-3-4-8-26-13)14(11-18(17)28-2)15-10-16(22)20(24)21(25)19(15)23/h3-5,8-11H,1-2H3. The predicted octanol–water partition coefficient (Wildman–Crippen LogP) is 4.72. The molecule has 0 spiro atoms. The highest BCUT2D eigenvalue weighted by Gasteiger charge is 2.22. The van der Waals surface area contributed by atoms with Crippen molar-refractivity contribution < 1.29 is 27.0 Å². The lowest BCUT2D eigenvalue weighted by Gasteiger charge is -2.13. The quantitative estimate of drug-likeness (QED) is 0.282. The molecular weight excluding hydrogens is 374 g/mol. The summed E-state index contributed by atoms with van der Waals surface area (Å²) in [6.07, 6.45) is 1.55. The second kappa shape index (κ2) is 8.01. The summed E-state index contributed by atoms with van der Waals surface area (Å²) in [5.41, 5.74) is 0.131. The van der Waals surface area contributed by atoms with Gasteiger partial charge in [0.15, 0.2) is 34.8 Å². The Morgan fingerprint density at radius 2 is 1.50 bits per heavy atom. The summed E-state index contributed by atoms with van der Waals surface area (Å²) in [6.45, 7) is 0. The van der Waals surface area contributed by atoms with E-state index < -0.39 is 28.8 Å². The summed E-state index contributed by atoms with van der Waals surface area (Å²) >= 11 is 0. The number of halogens is 4. The van der Waals surface area contributed by atoms with E-state index in [0.29, 0.717) is 11.8 Å². The topological polar surface area (TPSA) is 31.4 Å². The molecule has 0 aliphatic rings. The summed E-state index contributed by atoms with van der Waals surface area (Å²) in [5, 5.41) is 0. The molecule has 1 aromatic heterocycles. The molecular formula is C21H13F4NO2. The molecule has 2 aromatic carbocycles. The normalized spacial score (nSPS) is 10.2. The van der Waals surface area contributed by atoms with Crippen LogP contribution >= 0.6 is 0 Å². The fraction of sp³-hybridized carbons (Fsp3) is 0.0952. The van der Waals surface area contributed by atoms with Crippen LogP contribution in [0, 0.1) is 35.1 Å². The summed E-state index contributed by atoms with van der Waals surface area (Å²) in [7, 11) is 2.74. The minimum atomic E-state index is -1.91. The zero-order valence-electron chi connectivity index (χ0n) is 14.8. The molecule has 0 amide bonds. The van der Waals surface area contributed by atoms with E-state index in [1.54, 1.807) is 24.4 Å². The minimum Gasteiger partial charge on any atom is -0.493 e. The third-order valence-corrected chi connectivity index (χ3v) is 3.91. The average Bonchev–Trinajstić information content (AvgIpc) is 2.73. The number of methoxy groups -OCH3 is 2. The Bertz CT molecular complexity index is 1090. The van der Waals surface area contributed by atoms with Crippen molar-refractivity contribution in [2.24, 2.45) is 0 Å². The Morgan fingerprint density at radius 1 is 0.786 bits per heavy atom. The van der Waals surface area contributed by atoms with Crippen LogP contribution in [0.5, 0.6) is 11.5 Å². The Hall–Kier alpha value is -3.53. The number of aromatic nitrogens is 1. The zero-order valence-corrected chi connectivity index (χ0v) is 14.8. The van der Waals surface area contributed by atoms with E-state index in [9.17, 15) is 17.6 Å². The number of benzene rings is 2. The second-order valence-electron chi connectivity index (χ2n) is 5.57. The van der Waals surface area contributed by atoms with Gasteiger partial charge in [-0.2, -0.15) is 0 Å². The molecule has 0 bridgehead atoms. The minimum absolute atomic E-state index is 0.0105. The van der Waals surface area contributed by atoms with Crippen molar-refractivity contribution in [3.8, 4) is 34.5 Å². The van der Waals surface area contributed by atoms with Gasteiger partial charge in [-0.05, 0) is 30.2 Å². The molecule has 0 saturated carbocycles. The molecule has 0 aliphatic heterocycles. The van der Waals surface area contributed by atoms with Crippen molar-refractivity contribution >= 4 is 0 Å². The van der Waals surface area contributed by atoms with Gasteiger partial charge in [0.05, 0.1) is 14.2 Å². The molecule has 0 radical (unpaired) electrons. The van der Waals surface area contributed by atoms with Crippen molar-refractivity contribution in [1.82, 2.24) is 4.98 Å². The molecule has 0 fully saturated rings. The van der Waals surface area contributed by atoms with Gasteiger partial charge in [-0.15, -0.1) is 0 Å². The molecule has 1 heterocycles. The van der Waals surface area contributed by atoms with Crippen molar-refractivity contribution in [3.05, 3.63) is 77.1 Å². The number of rotatable bonds is 3. The van der Waals surface area contributed by atoms with Crippen LogP contribution in [-0.2, 0) is 0 Å². The van der Waals surface area contributed by atoms with Crippen LogP contribution in [0.3, 0.4) is 0 Å². The molecule has 0 unspecified atom stereocenters. The molecule has 142 valence electrons. The number of ether oxygens (including phenoxy) is 2. The van der Waals surface area contributed by atoms with Gasteiger partial charge in [-0.1, -0.05) is 12.0 Å². The van der Waals surface area contributed by atoms with E-state index >= 15 is 0 Å². The van der Waals surface area contributed by atoms with Crippen LogP contribution < -0.4 is 9.47 Å².